The van der Waals surface area contributed by atoms with Crippen LogP contribution in [0.5, 0.6) is 0 Å². The van der Waals surface area contributed by atoms with Gasteiger partial charge in [0.2, 0.25) is 5.91 Å². The van der Waals surface area contributed by atoms with Gasteiger partial charge in [-0.25, -0.2) is 0 Å². The summed E-state index contributed by atoms with van der Waals surface area (Å²) in [4.78, 5) is 14.1. The lowest BCUT2D eigenvalue weighted by molar-refractivity contribution is -0.143. The second-order valence-corrected chi connectivity index (χ2v) is 5.37. The first kappa shape index (κ1) is 11.5. The van der Waals surface area contributed by atoms with E-state index in [-0.39, 0.29) is 11.3 Å². The van der Waals surface area contributed by atoms with Crippen LogP contribution in [0.15, 0.2) is 0 Å². The minimum Gasteiger partial charge on any atom is -0.337 e. The van der Waals surface area contributed by atoms with E-state index in [2.05, 4.69) is 19.2 Å². The van der Waals surface area contributed by atoms with Crippen LogP contribution in [-0.2, 0) is 4.79 Å². The van der Waals surface area contributed by atoms with Crippen molar-refractivity contribution < 1.29 is 4.79 Å². The number of piperazine rings is 1. The standard InChI is InChI=1S/C11H22N2O/c1-8-7-13(9(2)6-12-8)10(14)11(3,4)5/h8-9,12H,6-7H2,1-5H3. The van der Waals surface area contributed by atoms with Crippen LogP contribution in [-0.4, -0.2) is 36.0 Å². The molecule has 1 heterocycles. The number of carbonyl (C=O) groups excluding carboxylic acids is 1. The van der Waals surface area contributed by atoms with Crippen LogP contribution < -0.4 is 5.32 Å². The lowest BCUT2D eigenvalue weighted by atomic mass is 9.93. The highest BCUT2D eigenvalue weighted by atomic mass is 16.2. The summed E-state index contributed by atoms with van der Waals surface area (Å²) in [6, 6.07) is 0.732. The Bertz CT molecular complexity index is 220. The zero-order valence-electron chi connectivity index (χ0n) is 9.92. The van der Waals surface area contributed by atoms with E-state index in [9.17, 15) is 4.79 Å². The SMILES string of the molecule is CC1CN(C(=O)C(C)(C)C)C(C)CN1. The molecule has 2 atom stereocenters. The van der Waals surface area contributed by atoms with Crippen molar-refractivity contribution in [2.45, 2.75) is 46.7 Å². The Balaban J connectivity index is 2.70. The molecule has 2 unspecified atom stereocenters. The van der Waals surface area contributed by atoms with Gasteiger partial charge in [-0.1, -0.05) is 20.8 Å². The van der Waals surface area contributed by atoms with Gasteiger partial charge in [-0.05, 0) is 13.8 Å². The molecule has 1 saturated heterocycles. The molecule has 14 heavy (non-hydrogen) atoms. The van der Waals surface area contributed by atoms with Gasteiger partial charge < -0.3 is 10.2 Å². The van der Waals surface area contributed by atoms with Gasteiger partial charge in [0, 0.05) is 30.6 Å². The minimum absolute atomic E-state index is 0.259. The van der Waals surface area contributed by atoms with E-state index >= 15 is 0 Å². The number of hydrogen-bond donors (Lipinski definition) is 1. The molecule has 3 heteroatoms. The van der Waals surface area contributed by atoms with E-state index in [0.717, 1.165) is 13.1 Å². The van der Waals surface area contributed by atoms with Gasteiger partial charge >= 0.3 is 0 Å². The molecule has 0 spiro atoms. The fourth-order valence-corrected chi connectivity index (χ4v) is 1.74. The number of rotatable bonds is 0. The number of carbonyl (C=O) groups is 1. The van der Waals surface area contributed by atoms with Gasteiger partial charge in [0.05, 0.1) is 0 Å². The Morgan fingerprint density at radius 3 is 2.43 bits per heavy atom. The normalized spacial score (nSPS) is 29.1. The second kappa shape index (κ2) is 3.89. The highest BCUT2D eigenvalue weighted by Crippen LogP contribution is 2.20. The van der Waals surface area contributed by atoms with Crippen molar-refractivity contribution in [1.29, 1.82) is 0 Å². The fraction of sp³-hybridized carbons (Fsp3) is 0.909. The summed E-state index contributed by atoms with van der Waals surface area (Å²) in [7, 11) is 0. The number of nitrogens with zero attached hydrogens (tertiary/aromatic N) is 1. The molecule has 1 N–H and O–H groups in total. The van der Waals surface area contributed by atoms with Crippen LogP contribution in [0.4, 0.5) is 0 Å². The molecular weight excluding hydrogens is 176 g/mol. The molecule has 1 rings (SSSR count). The van der Waals surface area contributed by atoms with E-state index in [1.807, 2.05) is 25.7 Å². The van der Waals surface area contributed by atoms with Gasteiger partial charge in [-0.15, -0.1) is 0 Å². The molecule has 0 aromatic heterocycles. The molecule has 0 bridgehead atoms. The Hall–Kier alpha value is -0.570. The van der Waals surface area contributed by atoms with Crippen molar-refractivity contribution in [1.82, 2.24) is 10.2 Å². The lowest BCUT2D eigenvalue weighted by Crippen LogP contribution is -2.58. The highest BCUT2D eigenvalue weighted by molar-refractivity contribution is 5.82. The van der Waals surface area contributed by atoms with Crippen LogP contribution >= 0.6 is 0 Å². The van der Waals surface area contributed by atoms with Crippen molar-refractivity contribution in [2.75, 3.05) is 13.1 Å². The van der Waals surface area contributed by atoms with Crippen LogP contribution in [0.25, 0.3) is 0 Å². The second-order valence-electron chi connectivity index (χ2n) is 5.37. The molecule has 0 saturated carbocycles. The smallest absolute Gasteiger partial charge is 0.228 e. The van der Waals surface area contributed by atoms with Crippen LogP contribution in [0.2, 0.25) is 0 Å². The summed E-state index contributed by atoms with van der Waals surface area (Å²) in [6.45, 7) is 11.9. The largest absolute Gasteiger partial charge is 0.337 e. The van der Waals surface area contributed by atoms with Gasteiger partial charge in [0.15, 0.2) is 0 Å². The maximum atomic E-state index is 12.1. The van der Waals surface area contributed by atoms with Crippen LogP contribution in [0.3, 0.4) is 0 Å². The molecule has 0 aromatic rings. The molecular formula is C11H22N2O. The summed E-state index contributed by atoms with van der Waals surface area (Å²) in [5.74, 6) is 0.262. The third-order valence-corrected chi connectivity index (χ3v) is 2.67. The van der Waals surface area contributed by atoms with Crippen molar-refractivity contribution in [3.63, 3.8) is 0 Å². The van der Waals surface area contributed by atoms with Crippen molar-refractivity contribution in [3.05, 3.63) is 0 Å². The Labute approximate surface area is 86.9 Å². The monoisotopic (exact) mass is 198 g/mol. The first-order valence-corrected chi connectivity index (χ1v) is 5.37. The van der Waals surface area contributed by atoms with Gasteiger partial charge in [0.25, 0.3) is 0 Å². The molecule has 0 aromatic carbocycles. The average Bonchev–Trinajstić information content (AvgIpc) is 2.06. The molecule has 1 amide bonds. The van der Waals surface area contributed by atoms with E-state index in [4.69, 9.17) is 0 Å². The zero-order valence-corrected chi connectivity index (χ0v) is 9.92. The molecule has 0 radical (unpaired) electrons. The molecule has 1 aliphatic rings. The third kappa shape index (κ3) is 2.47. The summed E-state index contributed by atoms with van der Waals surface area (Å²) in [6.07, 6.45) is 0. The quantitative estimate of drug-likeness (QED) is 0.635. The molecule has 3 nitrogen and oxygen atoms in total. The number of nitrogens with one attached hydrogen (secondary N) is 1. The predicted molar refractivity (Wildman–Crippen MR) is 58.1 cm³/mol. The van der Waals surface area contributed by atoms with Crippen molar-refractivity contribution >= 4 is 5.91 Å². The Morgan fingerprint density at radius 1 is 1.36 bits per heavy atom. The third-order valence-electron chi connectivity index (χ3n) is 2.67. The molecule has 0 aliphatic carbocycles. The molecule has 82 valence electrons. The summed E-state index contributed by atoms with van der Waals surface area (Å²) in [5.41, 5.74) is -0.259. The predicted octanol–water partition coefficient (Wildman–Crippen LogP) is 1.24. The zero-order chi connectivity index (χ0) is 10.9. The topological polar surface area (TPSA) is 32.3 Å². The van der Waals surface area contributed by atoms with Gasteiger partial charge in [-0.2, -0.15) is 0 Å². The van der Waals surface area contributed by atoms with Crippen molar-refractivity contribution in [2.24, 2.45) is 5.41 Å². The lowest BCUT2D eigenvalue weighted by Gasteiger charge is -2.40. The fourth-order valence-electron chi connectivity index (χ4n) is 1.74. The van der Waals surface area contributed by atoms with Gasteiger partial charge in [-0.3, -0.25) is 4.79 Å². The minimum atomic E-state index is -0.259. The van der Waals surface area contributed by atoms with Crippen molar-refractivity contribution in [3.8, 4) is 0 Å². The van der Waals surface area contributed by atoms with E-state index in [1.165, 1.54) is 0 Å². The van der Waals surface area contributed by atoms with E-state index < -0.39 is 0 Å². The number of hydrogen-bond acceptors (Lipinski definition) is 2. The maximum absolute atomic E-state index is 12.1. The summed E-state index contributed by atoms with van der Waals surface area (Å²) in [5, 5.41) is 3.37. The molecule has 1 aliphatic heterocycles. The van der Waals surface area contributed by atoms with Gasteiger partial charge in [0.1, 0.15) is 0 Å². The van der Waals surface area contributed by atoms with E-state index in [0.29, 0.717) is 12.1 Å². The highest BCUT2D eigenvalue weighted by Gasteiger charge is 2.33. The Kier molecular flexibility index (Phi) is 3.20. The first-order chi connectivity index (χ1) is 6.32. The summed E-state index contributed by atoms with van der Waals surface area (Å²) >= 11 is 0. The van der Waals surface area contributed by atoms with E-state index in [1.54, 1.807) is 0 Å². The average molecular weight is 198 g/mol. The summed E-state index contributed by atoms with van der Waals surface area (Å²) < 4.78 is 0. The maximum Gasteiger partial charge on any atom is 0.228 e. The first-order valence-electron chi connectivity index (χ1n) is 5.37. The van der Waals surface area contributed by atoms with Crippen LogP contribution in [0, 0.1) is 5.41 Å². The Morgan fingerprint density at radius 2 is 1.93 bits per heavy atom. The number of amides is 1. The van der Waals surface area contributed by atoms with Crippen LogP contribution in [0.1, 0.15) is 34.6 Å². The molecule has 1 fully saturated rings.